The standard InChI is InChI=1S/C13H17N4/c1-2-16-10-15-12-4-3-11(9-13(12)16)17-7-5-14-6-8-17/h3-4,9-10H,2,5-8H2,1H3. The van der Waals surface area contributed by atoms with Crippen LogP contribution in [0.15, 0.2) is 24.5 Å². The Hall–Kier alpha value is -1.55. The molecule has 0 unspecified atom stereocenters. The largest absolute Gasteiger partial charge is 0.369 e. The smallest absolute Gasteiger partial charge is 0.0958 e. The van der Waals surface area contributed by atoms with Gasteiger partial charge < -0.3 is 9.47 Å². The van der Waals surface area contributed by atoms with Crippen molar-refractivity contribution in [3.63, 3.8) is 0 Å². The van der Waals surface area contributed by atoms with Gasteiger partial charge in [0.05, 0.1) is 17.4 Å². The van der Waals surface area contributed by atoms with Gasteiger partial charge in [-0.25, -0.2) is 10.3 Å². The van der Waals surface area contributed by atoms with Gasteiger partial charge in [0.15, 0.2) is 0 Å². The Kier molecular flexibility index (Phi) is 2.73. The number of anilines is 1. The second-order valence-electron chi connectivity index (χ2n) is 4.36. The van der Waals surface area contributed by atoms with Crippen molar-refractivity contribution < 1.29 is 0 Å². The van der Waals surface area contributed by atoms with Crippen molar-refractivity contribution in [2.75, 3.05) is 31.1 Å². The molecule has 1 fully saturated rings. The van der Waals surface area contributed by atoms with Gasteiger partial charge in [0.25, 0.3) is 0 Å². The molecule has 17 heavy (non-hydrogen) atoms. The Morgan fingerprint density at radius 3 is 2.82 bits per heavy atom. The average Bonchev–Trinajstić information content (AvgIpc) is 2.81. The van der Waals surface area contributed by atoms with E-state index in [1.165, 1.54) is 11.2 Å². The van der Waals surface area contributed by atoms with Crippen molar-refractivity contribution in [1.82, 2.24) is 14.9 Å². The van der Waals surface area contributed by atoms with Crippen LogP contribution >= 0.6 is 0 Å². The summed E-state index contributed by atoms with van der Waals surface area (Å²) in [5.74, 6) is 0. The Morgan fingerprint density at radius 1 is 1.24 bits per heavy atom. The van der Waals surface area contributed by atoms with Crippen molar-refractivity contribution in [2.45, 2.75) is 13.5 Å². The van der Waals surface area contributed by atoms with Crippen LogP contribution in [0, 0.1) is 0 Å². The molecule has 1 radical (unpaired) electrons. The minimum Gasteiger partial charge on any atom is -0.369 e. The molecule has 0 saturated carbocycles. The maximum absolute atomic E-state index is 4.40. The third-order valence-corrected chi connectivity index (χ3v) is 3.37. The summed E-state index contributed by atoms with van der Waals surface area (Å²) in [4.78, 5) is 6.80. The number of piperazine rings is 1. The lowest BCUT2D eigenvalue weighted by Crippen LogP contribution is -2.40. The molecule has 1 aromatic heterocycles. The Labute approximate surface area is 101 Å². The quantitative estimate of drug-likeness (QED) is 0.782. The van der Waals surface area contributed by atoms with Crippen LogP contribution in [0.3, 0.4) is 0 Å². The van der Waals surface area contributed by atoms with Crippen LogP contribution in [0.1, 0.15) is 6.92 Å². The molecule has 1 aliphatic rings. The van der Waals surface area contributed by atoms with Crippen LogP contribution in [0.4, 0.5) is 5.69 Å². The van der Waals surface area contributed by atoms with Crippen molar-refractivity contribution in [1.29, 1.82) is 0 Å². The van der Waals surface area contributed by atoms with E-state index < -0.39 is 0 Å². The van der Waals surface area contributed by atoms with Gasteiger partial charge in [-0.3, -0.25) is 0 Å². The molecule has 3 rings (SSSR count). The average molecular weight is 229 g/mol. The molecule has 1 saturated heterocycles. The normalized spacial score (nSPS) is 16.6. The summed E-state index contributed by atoms with van der Waals surface area (Å²) >= 11 is 0. The zero-order chi connectivity index (χ0) is 11.7. The number of aryl methyl sites for hydroxylation is 1. The number of imidazole rings is 1. The van der Waals surface area contributed by atoms with Crippen LogP contribution in [0.25, 0.3) is 11.0 Å². The summed E-state index contributed by atoms with van der Waals surface area (Å²) in [5, 5.41) is 4.38. The first kappa shape index (κ1) is 10.6. The fraction of sp³-hybridized carbons (Fsp3) is 0.462. The van der Waals surface area contributed by atoms with Crippen LogP contribution < -0.4 is 10.2 Å². The minimum absolute atomic E-state index is 0.949. The predicted molar refractivity (Wildman–Crippen MR) is 69.5 cm³/mol. The fourth-order valence-electron chi connectivity index (χ4n) is 2.36. The Morgan fingerprint density at radius 2 is 2.06 bits per heavy atom. The number of rotatable bonds is 2. The molecule has 0 amide bonds. The summed E-state index contributed by atoms with van der Waals surface area (Å²) in [6, 6.07) is 6.53. The van der Waals surface area contributed by atoms with E-state index in [9.17, 15) is 0 Å². The number of hydrogen-bond acceptors (Lipinski definition) is 2. The molecule has 1 aliphatic heterocycles. The Bertz CT molecular complexity index is 511. The summed E-state index contributed by atoms with van der Waals surface area (Å²) in [6.07, 6.45) is 1.92. The maximum atomic E-state index is 4.40. The molecule has 89 valence electrons. The second-order valence-corrected chi connectivity index (χ2v) is 4.36. The lowest BCUT2D eigenvalue weighted by atomic mass is 10.2. The monoisotopic (exact) mass is 229 g/mol. The number of fused-ring (bicyclic) bond motifs is 1. The molecule has 0 aliphatic carbocycles. The molecule has 2 aromatic rings. The molecule has 0 spiro atoms. The molecule has 4 heteroatoms. The highest BCUT2D eigenvalue weighted by atomic mass is 15.2. The second kappa shape index (κ2) is 4.37. The Balaban J connectivity index is 1.99. The van der Waals surface area contributed by atoms with E-state index in [4.69, 9.17) is 0 Å². The van der Waals surface area contributed by atoms with E-state index >= 15 is 0 Å². The summed E-state index contributed by atoms with van der Waals surface area (Å²) in [6.45, 7) is 7.08. The topological polar surface area (TPSA) is 35.2 Å². The number of nitrogens with zero attached hydrogens (tertiary/aromatic N) is 4. The lowest BCUT2D eigenvalue weighted by Gasteiger charge is -2.28. The van der Waals surface area contributed by atoms with Gasteiger partial charge in [-0.15, -0.1) is 0 Å². The molecule has 0 N–H and O–H groups in total. The zero-order valence-corrected chi connectivity index (χ0v) is 10.1. The fourth-order valence-corrected chi connectivity index (χ4v) is 2.36. The third-order valence-electron chi connectivity index (χ3n) is 3.37. The van der Waals surface area contributed by atoms with E-state index in [0.717, 1.165) is 38.2 Å². The van der Waals surface area contributed by atoms with Gasteiger partial charge in [-0.05, 0) is 25.1 Å². The third kappa shape index (κ3) is 1.89. The highest BCUT2D eigenvalue weighted by Crippen LogP contribution is 2.22. The highest BCUT2D eigenvalue weighted by molar-refractivity contribution is 5.79. The van der Waals surface area contributed by atoms with Gasteiger partial charge in [-0.1, -0.05) is 0 Å². The first-order valence-electron chi connectivity index (χ1n) is 6.21. The van der Waals surface area contributed by atoms with Crippen molar-refractivity contribution >= 4 is 16.7 Å². The molecule has 0 atom stereocenters. The van der Waals surface area contributed by atoms with Crippen LogP contribution in [-0.4, -0.2) is 35.7 Å². The zero-order valence-electron chi connectivity index (χ0n) is 10.1. The molecule has 2 heterocycles. The van der Waals surface area contributed by atoms with Gasteiger partial charge in [0, 0.05) is 38.4 Å². The van der Waals surface area contributed by atoms with E-state index in [2.05, 4.69) is 44.9 Å². The van der Waals surface area contributed by atoms with Gasteiger partial charge in [0.1, 0.15) is 0 Å². The highest BCUT2D eigenvalue weighted by Gasteiger charge is 2.12. The summed E-state index contributed by atoms with van der Waals surface area (Å²) in [7, 11) is 0. The number of aromatic nitrogens is 2. The van der Waals surface area contributed by atoms with E-state index in [-0.39, 0.29) is 0 Å². The van der Waals surface area contributed by atoms with E-state index in [1.807, 2.05) is 6.33 Å². The van der Waals surface area contributed by atoms with Gasteiger partial charge in [-0.2, -0.15) is 0 Å². The molecular formula is C13H17N4. The molecule has 0 bridgehead atoms. The predicted octanol–water partition coefficient (Wildman–Crippen LogP) is 1.48. The minimum atomic E-state index is 0.949. The van der Waals surface area contributed by atoms with Crippen molar-refractivity contribution in [3.05, 3.63) is 24.5 Å². The number of hydrogen-bond donors (Lipinski definition) is 0. The number of benzene rings is 1. The SMILES string of the molecule is CCn1cnc2ccc(N3CC[N]CC3)cc21. The molecule has 1 aromatic carbocycles. The van der Waals surface area contributed by atoms with Crippen LogP contribution in [0.2, 0.25) is 0 Å². The van der Waals surface area contributed by atoms with Crippen molar-refractivity contribution in [3.8, 4) is 0 Å². The first-order valence-corrected chi connectivity index (χ1v) is 6.21. The first-order chi connectivity index (χ1) is 8.38. The van der Waals surface area contributed by atoms with Gasteiger partial charge >= 0.3 is 0 Å². The summed E-state index contributed by atoms with van der Waals surface area (Å²) in [5.41, 5.74) is 3.60. The van der Waals surface area contributed by atoms with E-state index in [1.54, 1.807) is 0 Å². The molecular weight excluding hydrogens is 212 g/mol. The van der Waals surface area contributed by atoms with E-state index in [0.29, 0.717) is 0 Å². The van der Waals surface area contributed by atoms with Gasteiger partial charge in [0.2, 0.25) is 0 Å². The van der Waals surface area contributed by atoms with Crippen LogP contribution in [0.5, 0.6) is 0 Å². The summed E-state index contributed by atoms with van der Waals surface area (Å²) < 4.78 is 2.19. The molecule has 4 nitrogen and oxygen atoms in total. The van der Waals surface area contributed by atoms with Crippen molar-refractivity contribution in [2.24, 2.45) is 0 Å². The van der Waals surface area contributed by atoms with Crippen LogP contribution in [-0.2, 0) is 6.54 Å². The maximum Gasteiger partial charge on any atom is 0.0958 e. The lowest BCUT2D eigenvalue weighted by molar-refractivity contribution is 0.579.